The first-order chi connectivity index (χ1) is 13.4. The molecule has 1 amide bonds. The van der Waals surface area contributed by atoms with Gasteiger partial charge in [0.1, 0.15) is 5.60 Å². The molecule has 152 valence electrons. The molecule has 28 heavy (non-hydrogen) atoms. The summed E-state index contributed by atoms with van der Waals surface area (Å²) >= 11 is 0. The highest BCUT2D eigenvalue weighted by Crippen LogP contribution is 2.32. The fraction of sp³-hybridized carbons (Fsp3) is 0.600. The van der Waals surface area contributed by atoms with Crippen molar-refractivity contribution in [2.75, 3.05) is 39.5 Å². The van der Waals surface area contributed by atoms with Crippen molar-refractivity contribution in [2.45, 2.75) is 38.8 Å². The lowest BCUT2D eigenvalue weighted by Gasteiger charge is -2.39. The zero-order chi connectivity index (χ0) is 19.7. The van der Waals surface area contributed by atoms with E-state index in [2.05, 4.69) is 21.3 Å². The summed E-state index contributed by atoms with van der Waals surface area (Å²) in [6, 6.07) is 6.27. The van der Waals surface area contributed by atoms with Crippen LogP contribution in [0.3, 0.4) is 0 Å². The predicted molar refractivity (Wildman–Crippen MR) is 105 cm³/mol. The van der Waals surface area contributed by atoms with E-state index in [-0.39, 0.29) is 12.1 Å². The van der Waals surface area contributed by atoms with Gasteiger partial charge in [0.25, 0.3) is 0 Å². The van der Waals surface area contributed by atoms with Gasteiger partial charge in [-0.3, -0.25) is 4.99 Å². The average Bonchev–Trinajstić information content (AvgIpc) is 3.26. The van der Waals surface area contributed by atoms with E-state index in [0.29, 0.717) is 26.4 Å². The topological polar surface area (TPSA) is 75.6 Å². The lowest BCUT2D eigenvalue weighted by molar-refractivity contribution is 0.0137. The van der Waals surface area contributed by atoms with Crippen molar-refractivity contribution in [3.63, 3.8) is 0 Å². The summed E-state index contributed by atoms with van der Waals surface area (Å²) in [6.07, 6.45) is 0.634. The Morgan fingerprint density at radius 2 is 2.11 bits per heavy atom. The zero-order valence-corrected chi connectivity index (χ0v) is 16.7. The SMILES string of the molecule is CC(C)(C)OC(=O)N1CCN2C(NCCc3ccc4c(c3)OCO4)=NCC2C1. The van der Waals surface area contributed by atoms with Gasteiger partial charge in [-0.15, -0.1) is 0 Å². The maximum Gasteiger partial charge on any atom is 0.410 e. The highest BCUT2D eigenvalue weighted by molar-refractivity contribution is 5.82. The molecule has 1 saturated heterocycles. The first kappa shape index (κ1) is 18.7. The number of nitrogens with one attached hydrogen (secondary N) is 1. The Labute approximate surface area is 165 Å². The molecule has 0 bridgehead atoms. The number of amides is 1. The first-order valence-corrected chi connectivity index (χ1v) is 9.80. The Balaban J connectivity index is 1.25. The van der Waals surface area contributed by atoms with Crippen LogP contribution in [-0.2, 0) is 11.2 Å². The number of benzene rings is 1. The molecule has 1 aromatic carbocycles. The number of ether oxygens (including phenoxy) is 3. The Hall–Kier alpha value is -2.64. The minimum absolute atomic E-state index is 0.217. The maximum atomic E-state index is 12.3. The highest BCUT2D eigenvalue weighted by atomic mass is 16.7. The fourth-order valence-electron chi connectivity index (χ4n) is 3.64. The van der Waals surface area contributed by atoms with Crippen molar-refractivity contribution in [1.29, 1.82) is 0 Å². The quantitative estimate of drug-likeness (QED) is 0.852. The standard InChI is InChI=1S/C20H28N4O4/c1-20(2,3)28-19(25)23-8-9-24-15(12-23)11-22-18(24)21-7-6-14-4-5-16-17(10-14)27-13-26-16/h4-5,10,15H,6-9,11-13H2,1-3H3,(H,21,22). The normalized spacial score (nSPS) is 20.7. The van der Waals surface area contributed by atoms with Crippen LogP contribution in [-0.4, -0.2) is 73.0 Å². The number of fused-ring (bicyclic) bond motifs is 2. The summed E-state index contributed by atoms with van der Waals surface area (Å²) in [5.41, 5.74) is 0.726. The number of aliphatic imine (C=N–C) groups is 1. The average molecular weight is 388 g/mol. The van der Waals surface area contributed by atoms with Gasteiger partial charge in [-0.05, 0) is 44.9 Å². The molecule has 0 saturated carbocycles. The minimum Gasteiger partial charge on any atom is -0.454 e. The van der Waals surface area contributed by atoms with Crippen LogP contribution >= 0.6 is 0 Å². The van der Waals surface area contributed by atoms with E-state index in [9.17, 15) is 4.79 Å². The Morgan fingerprint density at radius 1 is 1.29 bits per heavy atom. The van der Waals surface area contributed by atoms with E-state index in [1.54, 1.807) is 4.90 Å². The van der Waals surface area contributed by atoms with E-state index in [0.717, 1.165) is 37.0 Å². The Bertz CT molecular complexity index is 774. The van der Waals surface area contributed by atoms with Gasteiger partial charge < -0.3 is 29.3 Å². The van der Waals surface area contributed by atoms with Crippen LogP contribution in [0, 0.1) is 0 Å². The van der Waals surface area contributed by atoms with Crippen LogP contribution in [0.1, 0.15) is 26.3 Å². The molecule has 8 heteroatoms. The van der Waals surface area contributed by atoms with Gasteiger partial charge in [-0.25, -0.2) is 4.79 Å². The summed E-state index contributed by atoms with van der Waals surface area (Å²) in [7, 11) is 0. The van der Waals surface area contributed by atoms with Crippen molar-refractivity contribution in [2.24, 2.45) is 4.99 Å². The second kappa shape index (κ2) is 7.41. The Morgan fingerprint density at radius 3 is 2.93 bits per heavy atom. The van der Waals surface area contributed by atoms with Crippen LogP contribution in [0.2, 0.25) is 0 Å². The maximum absolute atomic E-state index is 12.3. The molecule has 0 spiro atoms. The largest absolute Gasteiger partial charge is 0.454 e. The molecule has 3 heterocycles. The third kappa shape index (κ3) is 4.10. The molecule has 3 aliphatic heterocycles. The molecular formula is C20H28N4O4. The van der Waals surface area contributed by atoms with Crippen LogP contribution in [0.15, 0.2) is 23.2 Å². The number of nitrogens with zero attached hydrogens (tertiary/aromatic N) is 3. The number of carbonyl (C=O) groups excluding carboxylic acids is 1. The number of hydrogen-bond acceptors (Lipinski definition) is 7. The van der Waals surface area contributed by atoms with Gasteiger partial charge in [0.2, 0.25) is 6.79 Å². The molecule has 0 radical (unpaired) electrons. The van der Waals surface area contributed by atoms with E-state index in [1.165, 1.54) is 5.56 Å². The van der Waals surface area contributed by atoms with E-state index >= 15 is 0 Å². The van der Waals surface area contributed by atoms with Crippen molar-refractivity contribution in [3.8, 4) is 11.5 Å². The minimum atomic E-state index is -0.470. The molecular weight excluding hydrogens is 360 g/mol. The number of hydrogen-bond donors (Lipinski definition) is 1. The van der Waals surface area contributed by atoms with E-state index in [4.69, 9.17) is 14.2 Å². The molecule has 8 nitrogen and oxygen atoms in total. The summed E-state index contributed by atoms with van der Waals surface area (Å²) in [5.74, 6) is 2.55. The van der Waals surface area contributed by atoms with Crippen molar-refractivity contribution in [3.05, 3.63) is 23.8 Å². The molecule has 3 aliphatic rings. The monoisotopic (exact) mass is 388 g/mol. The second-order valence-electron chi connectivity index (χ2n) is 8.30. The molecule has 0 aliphatic carbocycles. The van der Waals surface area contributed by atoms with Crippen molar-refractivity contribution >= 4 is 12.1 Å². The highest BCUT2D eigenvalue weighted by Gasteiger charge is 2.36. The van der Waals surface area contributed by atoms with Gasteiger partial charge in [-0.2, -0.15) is 0 Å². The number of rotatable bonds is 3. The van der Waals surface area contributed by atoms with Gasteiger partial charge in [-0.1, -0.05) is 6.07 Å². The van der Waals surface area contributed by atoms with Gasteiger partial charge >= 0.3 is 6.09 Å². The third-order valence-corrected chi connectivity index (χ3v) is 4.99. The molecule has 1 aromatic rings. The van der Waals surface area contributed by atoms with E-state index in [1.807, 2.05) is 32.9 Å². The first-order valence-electron chi connectivity index (χ1n) is 9.80. The van der Waals surface area contributed by atoms with E-state index < -0.39 is 5.60 Å². The summed E-state index contributed by atoms with van der Waals surface area (Å²) in [5, 5.41) is 3.45. The Kier molecular flexibility index (Phi) is 4.95. The smallest absolute Gasteiger partial charge is 0.410 e. The molecule has 0 aromatic heterocycles. The summed E-state index contributed by atoms with van der Waals surface area (Å²) < 4.78 is 16.3. The van der Waals surface area contributed by atoms with Crippen LogP contribution in [0.25, 0.3) is 0 Å². The summed E-state index contributed by atoms with van der Waals surface area (Å²) in [4.78, 5) is 21.0. The molecule has 1 N–H and O–H groups in total. The molecule has 1 atom stereocenters. The van der Waals surface area contributed by atoms with Gasteiger partial charge in [0, 0.05) is 26.2 Å². The molecule has 1 fully saturated rings. The number of guanidine groups is 1. The number of piperazine rings is 1. The predicted octanol–water partition coefficient (Wildman–Crippen LogP) is 1.84. The van der Waals surface area contributed by atoms with Crippen LogP contribution < -0.4 is 14.8 Å². The zero-order valence-electron chi connectivity index (χ0n) is 16.7. The third-order valence-electron chi connectivity index (χ3n) is 4.99. The fourth-order valence-corrected chi connectivity index (χ4v) is 3.64. The van der Waals surface area contributed by atoms with Crippen LogP contribution in [0.5, 0.6) is 11.5 Å². The number of carbonyl (C=O) groups is 1. The lowest BCUT2D eigenvalue weighted by atomic mass is 10.1. The van der Waals surface area contributed by atoms with Crippen molar-refractivity contribution < 1.29 is 19.0 Å². The van der Waals surface area contributed by atoms with Crippen LogP contribution in [0.4, 0.5) is 4.79 Å². The van der Waals surface area contributed by atoms with Gasteiger partial charge in [0.15, 0.2) is 17.5 Å². The second-order valence-corrected chi connectivity index (χ2v) is 8.30. The summed E-state index contributed by atoms with van der Waals surface area (Å²) in [6.45, 7) is 9.51. The van der Waals surface area contributed by atoms with Gasteiger partial charge in [0.05, 0.1) is 12.6 Å². The lowest BCUT2D eigenvalue weighted by Crippen LogP contribution is -2.57. The van der Waals surface area contributed by atoms with Crippen molar-refractivity contribution in [1.82, 2.24) is 15.1 Å². The molecule has 4 rings (SSSR count). The molecule has 1 unspecified atom stereocenters.